The number of halogens is 1. The predicted molar refractivity (Wildman–Crippen MR) is 103 cm³/mol. The van der Waals surface area contributed by atoms with Crippen LogP contribution in [0.4, 0.5) is 11.4 Å². The van der Waals surface area contributed by atoms with Crippen LogP contribution in [-0.4, -0.2) is 30.8 Å². The van der Waals surface area contributed by atoms with Gasteiger partial charge in [0.05, 0.1) is 0 Å². The molecule has 0 unspecified atom stereocenters. The summed E-state index contributed by atoms with van der Waals surface area (Å²) in [6.07, 6.45) is 0. The molecular formula is C19H20ClN3O3. The minimum absolute atomic E-state index is 0.144. The maximum atomic E-state index is 12.1. The summed E-state index contributed by atoms with van der Waals surface area (Å²) in [5, 5.41) is 5.93. The topological polar surface area (TPSA) is 78.5 Å². The molecule has 0 fully saturated rings. The molecule has 0 aliphatic carbocycles. The van der Waals surface area contributed by atoms with Crippen molar-refractivity contribution in [1.29, 1.82) is 0 Å². The van der Waals surface area contributed by atoms with Gasteiger partial charge in [-0.1, -0.05) is 17.7 Å². The van der Waals surface area contributed by atoms with Crippen LogP contribution in [0.3, 0.4) is 0 Å². The standard InChI is InChI=1S/C19H20ClN3O3/c1-13(24)22-17-6-8-18(9-7-17)23(14(2)25)11-10-21-19(26)15-4-3-5-16(20)12-15/h3-9,12H,10-11H2,1-2H3,(H,21,26)(H,22,24). The Kier molecular flexibility index (Phi) is 6.74. The van der Waals surface area contributed by atoms with Crippen molar-refractivity contribution in [2.45, 2.75) is 13.8 Å². The largest absolute Gasteiger partial charge is 0.350 e. The number of amides is 3. The number of nitrogens with zero attached hydrogens (tertiary/aromatic N) is 1. The Morgan fingerprint density at radius 2 is 1.73 bits per heavy atom. The van der Waals surface area contributed by atoms with E-state index in [-0.39, 0.29) is 17.7 Å². The molecule has 0 atom stereocenters. The number of anilines is 2. The van der Waals surface area contributed by atoms with Crippen molar-refractivity contribution in [2.24, 2.45) is 0 Å². The SMILES string of the molecule is CC(=O)Nc1ccc(N(CCNC(=O)c2cccc(Cl)c2)C(C)=O)cc1. The molecule has 0 saturated heterocycles. The Bertz CT molecular complexity index is 806. The fourth-order valence-corrected chi connectivity index (χ4v) is 2.60. The smallest absolute Gasteiger partial charge is 0.251 e. The van der Waals surface area contributed by atoms with Gasteiger partial charge in [0, 0.05) is 48.9 Å². The van der Waals surface area contributed by atoms with Gasteiger partial charge in [-0.25, -0.2) is 0 Å². The maximum absolute atomic E-state index is 12.1. The van der Waals surface area contributed by atoms with Gasteiger partial charge in [-0.05, 0) is 42.5 Å². The fraction of sp³-hybridized carbons (Fsp3) is 0.211. The van der Waals surface area contributed by atoms with E-state index in [0.29, 0.717) is 35.1 Å². The lowest BCUT2D eigenvalue weighted by Crippen LogP contribution is -2.37. The van der Waals surface area contributed by atoms with Gasteiger partial charge in [-0.3, -0.25) is 14.4 Å². The summed E-state index contributed by atoms with van der Waals surface area (Å²) in [7, 11) is 0. The number of benzene rings is 2. The number of hydrogen-bond donors (Lipinski definition) is 2. The van der Waals surface area contributed by atoms with E-state index in [0.717, 1.165) is 0 Å². The van der Waals surface area contributed by atoms with Gasteiger partial charge < -0.3 is 15.5 Å². The van der Waals surface area contributed by atoms with E-state index >= 15 is 0 Å². The molecule has 0 heterocycles. The van der Waals surface area contributed by atoms with Crippen molar-refractivity contribution in [3.8, 4) is 0 Å². The van der Waals surface area contributed by atoms with Crippen LogP contribution in [0.1, 0.15) is 24.2 Å². The second kappa shape index (κ2) is 9.01. The van der Waals surface area contributed by atoms with Crippen molar-refractivity contribution in [3.05, 3.63) is 59.1 Å². The highest BCUT2D eigenvalue weighted by Crippen LogP contribution is 2.18. The summed E-state index contributed by atoms with van der Waals surface area (Å²) in [6.45, 7) is 3.50. The van der Waals surface area contributed by atoms with Gasteiger partial charge in [0.25, 0.3) is 5.91 Å². The second-order valence-electron chi connectivity index (χ2n) is 5.66. The summed E-state index contributed by atoms with van der Waals surface area (Å²) >= 11 is 5.88. The molecule has 6 nitrogen and oxygen atoms in total. The number of hydrogen-bond acceptors (Lipinski definition) is 3. The van der Waals surface area contributed by atoms with Crippen LogP contribution in [0, 0.1) is 0 Å². The quantitative estimate of drug-likeness (QED) is 0.816. The minimum atomic E-state index is -0.253. The summed E-state index contributed by atoms with van der Waals surface area (Å²) in [6, 6.07) is 13.6. The van der Waals surface area contributed by atoms with E-state index in [1.54, 1.807) is 53.4 Å². The normalized spacial score (nSPS) is 10.1. The molecular weight excluding hydrogens is 354 g/mol. The van der Waals surface area contributed by atoms with Crippen molar-refractivity contribution in [2.75, 3.05) is 23.3 Å². The maximum Gasteiger partial charge on any atom is 0.251 e. The molecule has 2 rings (SSSR count). The van der Waals surface area contributed by atoms with Gasteiger partial charge in [0.15, 0.2) is 0 Å². The predicted octanol–water partition coefficient (Wildman–Crippen LogP) is 3.08. The minimum Gasteiger partial charge on any atom is -0.350 e. The van der Waals surface area contributed by atoms with Gasteiger partial charge in [0.2, 0.25) is 11.8 Å². The Balaban J connectivity index is 1.97. The highest BCUT2D eigenvalue weighted by Gasteiger charge is 2.12. The molecule has 2 aromatic carbocycles. The van der Waals surface area contributed by atoms with Crippen molar-refractivity contribution < 1.29 is 14.4 Å². The third-order valence-electron chi connectivity index (χ3n) is 3.59. The molecule has 0 radical (unpaired) electrons. The lowest BCUT2D eigenvalue weighted by atomic mass is 10.2. The highest BCUT2D eigenvalue weighted by molar-refractivity contribution is 6.30. The van der Waals surface area contributed by atoms with Crippen LogP contribution in [0.15, 0.2) is 48.5 Å². The van der Waals surface area contributed by atoms with Crippen LogP contribution in [0.2, 0.25) is 5.02 Å². The fourth-order valence-electron chi connectivity index (χ4n) is 2.41. The van der Waals surface area contributed by atoms with Crippen LogP contribution in [0.5, 0.6) is 0 Å². The van der Waals surface area contributed by atoms with Gasteiger partial charge in [-0.15, -0.1) is 0 Å². The molecule has 26 heavy (non-hydrogen) atoms. The molecule has 136 valence electrons. The first-order valence-electron chi connectivity index (χ1n) is 8.06. The molecule has 0 aromatic heterocycles. The van der Waals surface area contributed by atoms with E-state index < -0.39 is 0 Å². The monoisotopic (exact) mass is 373 g/mol. The number of nitrogens with one attached hydrogen (secondary N) is 2. The van der Waals surface area contributed by atoms with Crippen LogP contribution in [0.25, 0.3) is 0 Å². The van der Waals surface area contributed by atoms with E-state index in [4.69, 9.17) is 11.6 Å². The summed E-state index contributed by atoms with van der Waals surface area (Å²) in [5.41, 5.74) is 1.80. The third-order valence-corrected chi connectivity index (χ3v) is 3.82. The van der Waals surface area contributed by atoms with E-state index in [2.05, 4.69) is 10.6 Å². The zero-order valence-electron chi connectivity index (χ0n) is 14.6. The highest BCUT2D eigenvalue weighted by atomic mass is 35.5. The number of carbonyl (C=O) groups excluding carboxylic acids is 3. The average molecular weight is 374 g/mol. The van der Waals surface area contributed by atoms with Crippen molar-refractivity contribution >= 4 is 40.7 Å². The average Bonchev–Trinajstić information content (AvgIpc) is 2.58. The van der Waals surface area contributed by atoms with Gasteiger partial charge in [0.1, 0.15) is 0 Å². The Morgan fingerprint density at radius 3 is 2.31 bits per heavy atom. The third kappa shape index (κ3) is 5.60. The Labute approximate surface area is 157 Å². The zero-order valence-corrected chi connectivity index (χ0v) is 15.3. The van der Waals surface area contributed by atoms with Gasteiger partial charge in [-0.2, -0.15) is 0 Å². The van der Waals surface area contributed by atoms with Crippen LogP contribution >= 0.6 is 11.6 Å². The molecule has 2 aromatic rings. The molecule has 0 aliphatic rings. The summed E-state index contributed by atoms with van der Waals surface area (Å²) in [5.74, 6) is -0.559. The Hall–Kier alpha value is -2.86. The lowest BCUT2D eigenvalue weighted by Gasteiger charge is -2.21. The summed E-state index contributed by atoms with van der Waals surface area (Å²) < 4.78 is 0. The van der Waals surface area contributed by atoms with Crippen LogP contribution in [-0.2, 0) is 9.59 Å². The molecule has 0 bridgehead atoms. The number of rotatable bonds is 6. The first-order valence-corrected chi connectivity index (χ1v) is 8.44. The first kappa shape index (κ1) is 19.5. The molecule has 2 N–H and O–H groups in total. The molecule has 7 heteroatoms. The lowest BCUT2D eigenvalue weighted by molar-refractivity contribution is -0.116. The van der Waals surface area contributed by atoms with E-state index in [9.17, 15) is 14.4 Å². The number of carbonyl (C=O) groups is 3. The second-order valence-corrected chi connectivity index (χ2v) is 6.10. The van der Waals surface area contributed by atoms with Crippen molar-refractivity contribution in [1.82, 2.24) is 5.32 Å². The van der Waals surface area contributed by atoms with E-state index in [1.165, 1.54) is 13.8 Å². The molecule has 0 spiro atoms. The molecule has 0 aliphatic heterocycles. The van der Waals surface area contributed by atoms with Crippen LogP contribution < -0.4 is 15.5 Å². The zero-order chi connectivity index (χ0) is 19.1. The molecule has 3 amide bonds. The van der Waals surface area contributed by atoms with Crippen molar-refractivity contribution in [3.63, 3.8) is 0 Å². The first-order chi connectivity index (χ1) is 12.4. The molecule has 0 saturated carbocycles. The van der Waals surface area contributed by atoms with Gasteiger partial charge >= 0.3 is 0 Å². The summed E-state index contributed by atoms with van der Waals surface area (Å²) in [4.78, 5) is 36.7. The Morgan fingerprint density at radius 1 is 1.04 bits per heavy atom. The van der Waals surface area contributed by atoms with E-state index in [1.807, 2.05) is 0 Å².